The van der Waals surface area contributed by atoms with Crippen LogP contribution in [0.2, 0.25) is 0 Å². The Morgan fingerprint density at radius 2 is 2.09 bits per heavy atom. The van der Waals surface area contributed by atoms with Crippen LogP contribution in [-0.4, -0.2) is 37.2 Å². The summed E-state index contributed by atoms with van der Waals surface area (Å²) in [6, 6.07) is 0. The van der Waals surface area contributed by atoms with E-state index in [1.54, 1.807) is 18.4 Å². The summed E-state index contributed by atoms with van der Waals surface area (Å²) in [5.74, 6) is 0.805. The van der Waals surface area contributed by atoms with Crippen molar-refractivity contribution in [3.8, 4) is 0 Å². The fraction of sp³-hybridized carbons (Fsp3) is 0.750. The van der Waals surface area contributed by atoms with E-state index in [-0.39, 0.29) is 11.5 Å². The maximum atomic E-state index is 5.57. The van der Waals surface area contributed by atoms with Crippen molar-refractivity contribution >= 4 is 17.3 Å². The second-order valence-corrected chi connectivity index (χ2v) is 7.20. The zero-order chi connectivity index (χ0) is 16.6. The first kappa shape index (κ1) is 18.9. The van der Waals surface area contributed by atoms with Crippen LogP contribution in [0.1, 0.15) is 45.3 Å². The molecule has 1 rings (SSSR count). The largest absolute Gasteiger partial charge is 0.379 e. The van der Waals surface area contributed by atoms with Crippen LogP contribution in [0.25, 0.3) is 0 Å². The van der Waals surface area contributed by atoms with Crippen LogP contribution in [0.15, 0.2) is 10.4 Å². The summed E-state index contributed by atoms with van der Waals surface area (Å²) in [4.78, 5) is 9.15. The van der Waals surface area contributed by atoms with Gasteiger partial charge in [0, 0.05) is 25.6 Å². The summed E-state index contributed by atoms with van der Waals surface area (Å²) in [7, 11) is 1.75. The van der Waals surface area contributed by atoms with Gasteiger partial charge in [0.2, 0.25) is 0 Å². The van der Waals surface area contributed by atoms with Crippen LogP contribution < -0.4 is 10.6 Å². The number of rotatable bonds is 7. The first-order chi connectivity index (χ1) is 10.4. The Hall–Kier alpha value is -1.14. The second kappa shape index (κ2) is 9.10. The molecule has 126 valence electrons. The monoisotopic (exact) mass is 326 g/mol. The Morgan fingerprint density at radius 3 is 2.59 bits per heavy atom. The Bertz CT molecular complexity index is 465. The third-order valence-electron chi connectivity index (χ3n) is 3.35. The van der Waals surface area contributed by atoms with E-state index in [9.17, 15) is 0 Å². The summed E-state index contributed by atoms with van der Waals surface area (Å²) < 4.78 is 5.57. The van der Waals surface area contributed by atoms with Crippen molar-refractivity contribution in [3.05, 3.63) is 16.1 Å². The van der Waals surface area contributed by atoms with Crippen LogP contribution in [0.4, 0.5) is 0 Å². The summed E-state index contributed by atoms with van der Waals surface area (Å²) in [6.45, 7) is 12.9. The van der Waals surface area contributed by atoms with E-state index in [2.05, 4.69) is 60.6 Å². The first-order valence-corrected chi connectivity index (χ1v) is 8.76. The van der Waals surface area contributed by atoms with Crippen molar-refractivity contribution in [1.82, 2.24) is 15.6 Å². The van der Waals surface area contributed by atoms with E-state index in [1.807, 2.05) is 0 Å². The molecule has 5 nitrogen and oxygen atoms in total. The van der Waals surface area contributed by atoms with E-state index in [4.69, 9.17) is 4.74 Å². The van der Waals surface area contributed by atoms with Crippen molar-refractivity contribution in [3.63, 3.8) is 0 Å². The number of nitrogens with zero attached hydrogens (tertiary/aromatic N) is 2. The Balaban J connectivity index is 2.61. The highest BCUT2D eigenvalue weighted by Crippen LogP contribution is 2.20. The predicted molar refractivity (Wildman–Crippen MR) is 94.6 cm³/mol. The molecule has 2 N–H and O–H groups in total. The lowest BCUT2D eigenvalue weighted by Crippen LogP contribution is -2.45. The number of aliphatic imine (C=N–C) groups is 1. The smallest absolute Gasteiger partial charge is 0.191 e. The fourth-order valence-electron chi connectivity index (χ4n) is 2.02. The summed E-state index contributed by atoms with van der Waals surface area (Å²) >= 11 is 1.70. The Morgan fingerprint density at radius 1 is 1.36 bits per heavy atom. The maximum absolute atomic E-state index is 5.57. The van der Waals surface area contributed by atoms with Gasteiger partial charge in [-0.25, -0.2) is 9.98 Å². The van der Waals surface area contributed by atoms with E-state index < -0.39 is 0 Å². The lowest BCUT2D eigenvalue weighted by atomic mass is 9.89. The quantitative estimate of drug-likeness (QED) is 0.597. The first-order valence-electron chi connectivity index (χ1n) is 7.88. The third-order valence-corrected chi connectivity index (χ3v) is 4.39. The summed E-state index contributed by atoms with van der Waals surface area (Å²) in [5, 5.41) is 9.87. The van der Waals surface area contributed by atoms with Gasteiger partial charge in [-0.1, -0.05) is 27.7 Å². The molecule has 1 heterocycles. The van der Waals surface area contributed by atoms with Crippen LogP contribution >= 0.6 is 11.3 Å². The molecule has 1 unspecified atom stereocenters. The van der Waals surface area contributed by atoms with Gasteiger partial charge in [-0.2, -0.15) is 0 Å². The lowest BCUT2D eigenvalue weighted by molar-refractivity contribution is 0.0205. The fourth-order valence-corrected chi connectivity index (χ4v) is 2.75. The van der Waals surface area contributed by atoms with Gasteiger partial charge in [0.05, 0.1) is 23.4 Å². The molecule has 6 heteroatoms. The molecule has 0 amide bonds. The highest BCUT2D eigenvalue weighted by Gasteiger charge is 2.24. The molecule has 0 aliphatic rings. The Labute approximate surface area is 138 Å². The minimum absolute atomic E-state index is 0.0873. The van der Waals surface area contributed by atoms with Crippen molar-refractivity contribution < 1.29 is 4.74 Å². The molecule has 0 saturated carbocycles. The van der Waals surface area contributed by atoms with Crippen molar-refractivity contribution in [1.29, 1.82) is 0 Å². The van der Waals surface area contributed by atoms with Gasteiger partial charge in [0.25, 0.3) is 0 Å². The molecule has 0 fully saturated rings. The zero-order valence-corrected chi connectivity index (χ0v) is 15.5. The van der Waals surface area contributed by atoms with Gasteiger partial charge in [-0.15, -0.1) is 11.3 Å². The molecule has 22 heavy (non-hydrogen) atoms. The average molecular weight is 327 g/mol. The van der Waals surface area contributed by atoms with Crippen LogP contribution in [0.3, 0.4) is 0 Å². The SMILES string of the molecule is CCNC(=NCc1csc(CC)n1)NCC(OC)C(C)(C)C. The molecule has 0 spiro atoms. The molecule has 0 aliphatic carbocycles. The number of ether oxygens (including phenoxy) is 1. The van der Waals surface area contributed by atoms with Crippen LogP contribution in [0, 0.1) is 5.41 Å². The van der Waals surface area contributed by atoms with Gasteiger partial charge in [-0.05, 0) is 18.8 Å². The number of aromatic nitrogens is 1. The number of hydrogen-bond donors (Lipinski definition) is 2. The minimum Gasteiger partial charge on any atom is -0.379 e. The molecule has 0 aromatic carbocycles. The van der Waals surface area contributed by atoms with Crippen LogP contribution in [-0.2, 0) is 17.7 Å². The maximum Gasteiger partial charge on any atom is 0.191 e. The minimum atomic E-state index is 0.0873. The number of methoxy groups -OCH3 is 1. The molecule has 0 saturated heterocycles. The van der Waals surface area contributed by atoms with Gasteiger partial charge in [-0.3, -0.25) is 0 Å². The van der Waals surface area contributed by atoms with E-state index in [1.165, 1.54) is 0 Å². The molecular formula is C16H30N4OS. The molecule has 1 aromatic rings. The van der Waals surface area contributed by atoms with Crippen molar-refractivity contribution in [2.75, 3.05) is 20.2 Å². The average Bonchev–Trinajstić information content (AvgIpc) is 2.91. The third kappa shape index (κ3) is 6.32. The van der Waals surface area contributed by atoms with E-state index in [0.717, 1.165) is 36.2 Å². The number of thiazole rings is 1. The molecule has 0 bridgehead atoms. The molecule has 1 aromatic heterocycles. The number of nitrogens with one attached hydrogen (secondary N) is 2. The number of aryl methyl sites for hydroxylation is 1. The second-order valence-electron chi connectivity index (χ2n) is 6.25. The predicted octanol–water partition coefficient (Wildman–Crippen LogP) is 2.82. The number of guanidine groups is 1. The summed E-state index contributed by atoms with van der Waals surface area (Å²) in [6.07, 6.45) is 1.11. The Kier molecular flexibility index (Phi) is 7.82. The topological polar surface area (TPSA) is 58.5 Å². The van der Waals surface area contributed by atoms with Crippen molar-refractivity contribution in [2.45, 2.75) is 53.7 Å². The number of hydrogen-bond acceptors (Lipinski definition) is 4. The molecular weight excluding hydrogens is 296 g/mol. The van der Waals surface area contributed by atoms with Crippen LogP contribution in [0.5, 0.6) is 0 Å². The highest BCUT2D eigenvalue weighted by molar-refractivity contribution is 7.09. The van der Waals surface area contributed by atoms with E-state index >= 15 is 0 Å². The molecule has 0 radical (unpaired) electrons. The normalized spacial score (nSPS) is 14.0. The van der Waals surface area contributed by atoms with Gasteiger partial charge < -0.3 is 15.4 Å². The standard InChI is InChI=1S/C16H30N4OS/c1-7-14-20-12(11-22-14)9-18-15(17-8-2)19-10-13(21-6)16(3,4)5/h11,13H,7-10H2,1-6H3,(H2,17,18,19). The zero-order valence-electron chi connectivity index (χ0n) is 14.7. The van der Waals surface area contributed by atoms with Gasteiger partial charge >= 0.3 is 0 Å². The van der Waals surface area contributed by atoms with Gasteiger partial charge in [0.1, 0.15) is 0 Å². The molecule has 0 aliphatic heterocycles. The highest BCUT2D eigenvalue weighted by atomic mass is 32.1. The molecule has 1 atom stereocenters. The van der Waals surface area contributed by atoms with Gasteiger partial charge in [0.15, 0.2) is 5.96 Å². The lowest BCUT2D eigenvalue weighted by Gasteiger charge is -2.30. The van der Waals surface area contributed by atoms with E-state index in [0.29, 0.717) is 6.54 Å². The summed E-state index contributed by atoms with van der Waals surface area (Å²) in [5.41, 5.74) is 1.11. The van der Waals surface area contributed by atoms with Crippen molar-refractivity contribution in [2.24, 2.45) is 10.4 Å².